The molecular formula is C25H25ClN2O3. The van der Waals surface area contributed by atoms with Crippen molar-refractivity contribution in [1.29, 1.82) is 0 Å². The summed E-state index contributed by atoms with van der Waals surface area (Å²) in [6.45, 7) is 5.82. The maximum Gasteiger partial charge on any atom is 0.417 e. The first kappa shape index (κ1) is 21.1. The minimum Gasteiger partial charge on any atom is -0.506 e. The number of ether oxygens (including phenoxy) is 1. The van der Waals surface area contributed by atoms with Crippen molar-refractivity contribution >= 4 is 29.1 Å². The van der Waals surface area contributed by atoms with Crippen LogP contribution in [0.4, 0.5) is 16.2 Å². The number of phenols is 1. The van der Waals surface area contributed by atoms with Crippen LogP contribution in [0.5, 0.6) is 11.5 Å². The molecule has 0 saturated carbocycles. The number of carbonyl (C=O) groups excluding carboxylic acids is 1. The van der Waals surface area contributed by atoms with Gasteiger partial charge in [0, 0.05) is 24.5 Å². The van der Waals surface area contributed by atoms with Crippen LogP contribution in [0.1, 0.15) is 36.5 Å². The van der Waals surface area contributed by atoms with E-state index in [1.807, 2.05) is 48.5 Å². The van der Waals surface area contributed by atoms with E-state index in [0.717, 1.165) is 29.8 Å². The number of hydrogen-bond donors (Lipinski definition) is 2. The van der Waals surface area contributed by atoms with Crippen LogP contribution in [0.3, 0.4) is 0 Å². The van der Waals surface area contributed by atoms with Crippen LogP contribution in [0.15, 0.2) is 60.7 Å². The molecule has 31 heavy (non-hydrogen) atoms. The zero-order valence-corrected chi connectivity index (χ0v) is 18.3. The van der Waals surface area contributed by atoms with E-state index in [1.54, 1.807) is 12.1 Å². The van der Waals surface area contributed by atoms with Gasteiger partial charge in [0.25, 0.3) is 0 Å². The zero-order chi connectivity index (χ0) is 22.0. The van der Waals surface area contributed by atoms with E-state index in [1.165, 1.54) is 5.56 Å². The fourth-order valence-electron chi connectivity index (χ4n) is 3.75. The summed E-state index contributed by atoms with van der Waals surface area (Å²) in [5.74, 6) is 1.05. The fourth-order valence-corrected chi connectivity index (χ4v) is 3.95. The molecule has 0 radical (unpaired) electrons. The van der Waals surface area contributed by atoms with Crippen LogP contribution in [-0.4, -0.2) is 17.7 Å². The first-order chi connectivity index (χ1) is 14.9. The Morgan fingerprint density at radius 3 is 2.61 bits per heavy atom. The quantitative estimate of drug-likeness (QED) is 0.489. The Balaban J connectivity index is 1.39. The molecule has 1 amide bonds. The van der Waals surface area contributed by atoms with Crippen LogP contribution in [0, 0.1) is 0 Å². The summed E-state index contributed by atoms with van der Waals surface area (Å²) in [5.41, 5.74) is 5.20. The fraction of sp³-hybridized carbons (Fsp3) is 0.240. The number of halogens is 1. The standard InChI is InChI=1S/C25H25ClN2O3/c1-16(2)18-4-6-20(7-5-18)27-25(30)31-21-8-9-23-19(14-21)11-12-28(23)15-17-3-10-24(29)22(26)13-17/h3-10,13-14,16,29H,11-12,15H2,1-2H3,(H,27,30). The Hall–Kier alpha value is -3.18. The second kappa shape index (κ2) is 8.90. The van der Waals surface area contributed by atoms with Crippen LogP contribution >= 0.6 is 11.6 Å². The monoisotopic (exact) mass is 436 g/mol. The van der Waals surface area contributed by atoms with E-state index in [0.29, 0.717) is 28.9 Å². The van der Waals surface area contributed by atoms with E-state index >= 15 is 0 Å². The maximum absolute atomic E-state index is 12.3. The predicted octanol–water partition coefficient (Wildman–Crippen LogP) is 6.34. The van der Waals surface area contributed by atoms with E-state index in [4.69, 9.17) is 16.3 Å². The molecule has 0 atom stereocenters. The highest BCUT2D eigenvalue weighted by Crippen LogP contribution is 2.33. The Morgan fingerprint density at radius 2 is 1.90 bits per heavy atom. The van der Waals surface area contributed by atoms with Crippen LogP contribution in [-0.2, 0) is 13.0 Å². The van der Waals surface area contributed by atoms with Gasteiger partial charge in [0.15, 0.2) is 0 Å². The zero-order valence-electron chi connectivity index (χ0n) is 17.6. The van der Waals surface area contributed by atoms with Crippen LogP contribution in [0.25, 0.3) is 0 Å². The maximum atomic E-state index is 12.3. The Bertz CT molecular complexity index is 1100. The molecule has 0 aliphatic carbocycles. The summed E-state index contributed by atoms with van der Waals surface area (Å²) >= 11 is 6.03. The summed E-state index contributed by atoms with van der Waals surface area (Å²) in [7, 11) is 0. The van der Waals surface area contributed by atoms with Crippen molar-refractivity contribution in [2.45, 2.75) is 32.7 Å². The van der Waals surface area contributed by atoms with Crippen molar-refractivity contribution in [2.24, 2.45) is 0 Å². The van der Waals surface area contributed by atoms with Gasteiger partial charge in [0.05, 0.1) is 5.02 Å². The van der Waals surface area contributed by atoms with Gasteiger partial charge in [-0.1, -0.05) is 43.6 Å². The largest absolute Gasteiger partial charge is 0.506 e. The molecular weight excluding hydrogens is 412 g/mol. The number of anilines is 2. The van der Waals surface area contributed by atoms with Gasteiger partial charge in [-0.2, -0.15) is 0 Å². The van der Waals surface area contributed by atoms with Crippen molar-refractivity contribution in [2.75, 3.05) is 16.8 Å². The average Bonchev–Trinajstić information content (AvgIpc) is 3.13. The molecule has 3 aromatic carbocycles. The second-order valence-corrected chi connectivity index (χ2v) is 8.45. The number of aromatic hydroxyl groups is 1. The molecule has 6 heteroatoms. The first-order valence-electron chi connectivity index (χ1n) is 10.3. The smallest absolute Gasteiger partial charge is 0.417 e. The lowest BCUT2D eigenvalue weighted by molar-refractivity contribution is 0.215. The molecule has 160 valence electrons. The number of nitrogens with one attached hydrogen (secondary N) is 1. The van der Waals surface area contributed by atoms with E-state index in [2.05, 4.69) is 24.1 Å². The topological polar surface area (TPSA) is 61.8 Å². The van der Waals surface area contributed by atoms with E-state index in [9.17, 15) is 9.90 Å². The third-order valence-electron chi connectivity index (χ3n) is 5.46. The highest BCUT2D eigenvalue weighted by Gasteiger charge is 2.20. The predicted molar refractivity (Wildman–Crippen MR) is 124 cm³/mol. The molecule has 2 N–H and O–H groups in total. The highest BCUT2D eigenvalue weighted by molar-refractivity contribution is 6.32. The molecule has 0 saturated heterocycles. The molecule has 0 aromatic heterocycles. The summed E-state index contributed by atoms with van der Waals surface area (Å²) < 4.78 is 5.49. The third kappa shape index (κ3) is 4.94. The van der Waals surface area contributed by atoms with Crippen molar-refractivity contribution < 1.29 is 14.6 Å². The minimum atomic E-state index is -0.508. The highest BCUT2D eigenvalue weighted by atomic mass is 35.5. The Kier molecular flexibility index (Phi) is 6.05. The molecule has 1 heterocycles. The lowest BCUT2D eigenvalue weighted by Crippen LogP contribution is -2.19. The van der Waals surface area contributed by atoms with Gasteiger partial charge >= 0.3 is 6.09 Å². The number of rotatable bonds is 5. The molecule has 1 aliphatic heterocycles. The number of nitrogens with zero attached hydrogens (tertiary/aromatic N) is 1. The van der Waals surface area contributed by atoms with Crippen molar-refractivity contribution in [3.63, 3.8) is 0 Å². The average molecular weight is 437 g/mol. The van der Waals surface area contributed by atoms with Gasteiger partial charge in [-0.25, -0.2) is 4.79 Å². The van der Waals surface area contributed by atoms with E-state index < -0.39 is 6.09 Å². The Labute approximate surface area is 187 Å². The van der Waals surface area contributed by atoms with Crippen molar-refractivity contribution in [3.05, 3.63) is 82.4 Å². The lowest BCUT2D eigenvalue weighted by atomic mass is 10.0. The summed E-state index contributed by atoms with van der Waals surface area (Å²) in [5, 5.41) is 12.7. The number of phenolic OH excluding ortho intramolecular Hbond substituents is 1. The van der Waals surface area contributed by atoms with Gasteiger partial charge in [-0.05, 0) is 71.5 Å². The van der Waals surface area contributed by atoms with Crippen molar-refractivity contribution in [1.82, 2.24) is 0 Å². The molecule has 0 unspecified atom stereocenters. The lowest BCUT2D eigenvalue weighted by Gasteiger charge is -2.20. The molecule has 0 spiro atoms. The summed E-state index contributed by atoms with van der Waals surface area (Å²) in [6.07, 6.45) is 0.363. The minimum absolute atomic E-state index is 0.0863. The number of benzene rings is 3. The summed E-state index contributed by atoms with van der Waals surface area (Å²) in [6, 6.07) is 18.7. The number of amides is 1. The van der Waals surface area contributed by atoms with Gasteiger partial charge < -0.3 is 14.7 Å². The van der Waals surface area contributed by atoms with Gasteiger partial charge in [-0.3, -0.25) is 5.32 Å². The molecule has 4 rings (SSSR count). The second-order valence-electron chi connectivity index (χ2n) is 8.04. The molecule has 5 nitrogen and oxygen atoms in total. The number of hydrogen-bond acceptors (Lipinski definition) is 4. The van der Waals surface area contributed by atoms with Gasteiger partial charge in [-0.15, -0.1) is 0 Å². The third-order valence-corrected chi connectivity index (χ3v) is 5.77. The van der Waals surface area contributed by atoms with E-state index in [-0.39, 0.29) is 5.75 Å². The molecule has 0 bridgehead atoms. The van der Waals surface area contributed by atoms with Crippen molar-refractivity contribution in [3.8, 4) is 11.5 Å². The number of carbonyl (C=O) groups is 1. The normalized spacial score (nSPS) is 12.7. The first-order valence-corrected chi connectivity index (χ1v) is 10.7. The van der Waals surface area contributed by atoms with Gasteiger partial charge in [0.1, 0.15) is 11.5 Å². The van der Waals surface area contributed by atoms with Gasteiger partial charge in [0.2, 0.25) is 0 Å². The number of fused-ring (bicyclic) bond motifs is 1. The molecule has 3 aromatic rings. The summed E-state index contributed by atoms with van der Waals surface area (Å²) in [4.78, 5) is 14.5. The Morgan fingerprint density at radius 1 is 1.13 bits per heavy atom. The van der Waals surface area contributed by atoms with Crippen LogP contribution in [0.2, 0.25) is 5.02 Å². The SMILES string of the molecule is CC(C)c1ccc(NC(=O)Oc2ccc3c(c2)CCN3Cc2ccc(O)c(Cl)c2)cc1. The molecule has 0 fully saturated rings. The molecule has 1 aliphatic rings. The van der Waals surface area contributed by atoms with Crippen LogP contribution < -0.4 is 15.0 Å².